The first-order valence-corrected chi connectivity index (χ1v) is 10.2. The number of likely N-dealkylation sites (N-methyl/N-ethyl adjacent to an activating group) is 1. The van der Waals surface area contributed by atoms with Crippen LogP contribution in [0.3, 0.4) is 0 Å². The average molecular weight is 412 g/mol. The number of nitrogens with zero attached hydrogens (tertiary/aromatic N) is 3. The number of hydrogen-bond acceptors (Lipinski definition) is 6. The summed E-state index contributed by atoms with van der Waals surface area (Å²) in [5, 5.41) is 0. The molecule has 1 aliphatic rings. The van der Waals surface area contributed by atoms with Crippen LogP contribution in [0.25, 0.3) is 0 Å². The average Bonchev–Trinajstić information content (AvgIpc) is 2.76. The zero-order valence-corrected chi connectivity index (χ0v) is 17.8. The van der Waals surface area contributed by atoms with Crippen molar-refractivity contribution in [2.45, 2.75) is 32.4 Å². The van der Waals surface area contributed by atoms with Gasteiger partial charge in [-0.15, -0.1) is 0 Å². The Labute approximate surface area is 177 Å². The summed E-state index contributed by atoms with van der Waals surface area (Å²) < 4.78 is 10.9. The molecule has 7 nitrogen and oxygen atoms in total. The molecule has 2 aromatic rings. The molecule has 1 aliphatic heterocycles. The number of aryl methyl sites for hydroxylation is 1. The van der Waals surface area contributed by atoms with Crippen molar-refractivity contribution in [3.05, 3.63) is 59.4 Å². The number of methoxy groups -OCH3 is 1. The molecule has 0 bridgehead atoms. The molecule has 0 N–H and O–H groups in total. The van der Waals surface area contributed by atoms with Crippen LogP contribution >= 0.6 is 0 Å². The first-order valence-electron chi connectivity index (χ1n) is 10.2. The quantitative estimate of drug-likeness (QED) is 0.653. The van der Waals surface area contributed by atoms with Gasteiger partial charge in [-0.05, 0) is 49.6 Å². The molecule has 0 unspecified atom stereocenters. The second kappa shape index (κ2) is 10.2. The third-order valence-corrected chi connectivity index (χ3v) is 5.29. The molecule has 0 radical (unpaired) electrons. The van der Waals surface area contributed by atoms with E-state index in [2.05, 4.69) is 14.6 Å². The highest BCUT2D eigenvalue weighted by Crippen LogP contribution is 2.26. The minimum Gasteiger partial charge on any atom is -0.489 e. The van der Waals surface area contributed by atoms with E-state index in [1.165, 1.54) is 17.6 Å². The molecule has 0 atom stereocenters. The topological polar surface area (TPSA) is 72.0 Å². The number of amides is 1. The molecule has 0 saturated carbocycles. The summed E-state index contributed by atoms with van der Waals surface area (Å²) in [7, 11) is 2.89. The van der Waals surface area contributed by atoms with E-state index in [4.69, 9.17) is 4.74 Å². The Kier molecular flexibility index (Phi) is 7.41. The summed E-state index contributed by atoms with van der Waals surface area (Å²) in [5.41, 5.74) is 2.69. The van der Waals surface area contributed by atoms with Gasteiger partial charge in [0.1, 0.15) is 18.4 Å². The fraction of sp³-hybridized carbons (Fsp3) is 0.435. The lowest BCUT2D eigenvalue weighted by molar-refractivity contribution is -0.141. The summed E-state index contributed by atoms with van der Waals surface area (Å²) in [6.07, 6.45) is 5.48. The van der Waals surface area contributed by atoms with Gasteiger partial charge in [-0.3, -0.25) is 19.5 Å². The number of piperidine rings is 1. The van der Waals surface area contributed by atoms with Crippen LogP contribution in [-0.2, 0) is 16.1 Å². The fourth-order valence-corrected chi connectivity index (χ4v) is 3.56. The number of aromatic nitrogens is 1. The largest absolute Gasteiger partial charge is 0.489 e. The summed E-state index contributed by atoms with van der Waals surface area (Å²) >= 11 is 0. The Bertz CT molecular complexity index is 864. The van der Waals surface area contributed by atoms with Crippen LogP contribution in [0.5, 0.6) is 5.75 Å². The van der Waals surface area contributed by atoms with Gasteiger partial charge < -0.3 is 14.4 Å². The van der Waals surface area contributed by atoms with Crippen molar-refractivity contribution in [3.63, 3.8) is 0 Å². The normalized spacial score (nSPS) is 14.9. The number of likely N-dealkylation sites (tertiary alicyclic amines) is 1. The Hall–Kier alpha value is -2.93. The number of esters is 1. The number of rotatable bonds is 7. The van der Waals surface area contributed by atoms with Crippen molar-refractivity contribution in [3.8, 4) is 5.75 Å². The van der Waals surface area contributed by atoms with E-state index in [0.29, 0.717) is 11.3 Å². The van der Waals surface area contributed by atoms with Crippen molar-refractivity contribution in [1.82, 2.24) is 14.8 Å². The maximum Gasteiger partial charge on any atom is 0.325 e. The van der Waals surface area contributed by atoms with Crippen LogP contribution < -0.4 is 4.74 Å². The molecule has 30 heavy (non-hydrogen) atoms. The van der Waals surface area contributed by atoms with Gasteiger partial charge in [0.15, 0.2) is 0 Å². The Morgan fingerprint density at radius 3 is 2.53 bits per heavy atom. The summed E-state index contributed by atoms with van der Waals surface area (Å²) in [6, 6.07) is 9.67. The molecule has 0 aliphatic carbocycles. The molecule has 1 aromatic heterocycles. The predicted molar refractivity (Wildman–Crippen MR) is 113 cm³/mol. The number of pyridine rings is 1. The zero-order valence-electron chi connectivity index (χ0n) is 17.8. The molecule has 160 valence electrons. The summed E-state index contributed by atoms with van der Waals surface area (Å²) in [5.74, 6) is -0.147. The first-order chi connectivity index (χ1) is 14.5. The molecule has 1 amide bonds. The maximum absolute atomic E-state index is 12.9. The number of ether oxygens (including phenoxy) is 2. The van der Waals surface area contributed by atoms with Crippen LogP contribution in [0.4, 0.5) is 0 Å². The molecule has 1 saturated heterocycles. The smallest absolute Gasteiger partial charge is 0.325 e. The van der Waals surface area contributed by atoms with Crippen LogP contribution in [0.1, 0.15) is 34.3 Å². The van der Waals surface area contributed by atoms with E-state index in [1.54, 1.807) is 7.05 Å². The lowest BCUT2D eigenvalue weighted by Crippen LogP contribution is -2.38. The van der Waals surface area contributed by atoms with Crippen molar-refractivity contribution < 1.29 is 19.1 Å². The highest BCUT2D eigenvalue weighted by atomic mass is 16.5. The Morgan fingerprint density at radius 2 is 1.87 bits per heavy atom. The second-order valence-electron chi connectivity index (χ2n) is 7.69. The van der Waals surface area contributed by atoms with E-state index in [-0.39, 0.29) is 18.6 Å². The molecule has 0 spiro atoms. The number of carbonyl (C=O) groups is 2. The lowest BCUT2D eigenvalue weighted by atomic mass is 10.1. The predicted octanol–water partition coefficient (Wildman–Crippen LogP) is 2.68. The van der Waals surface area contributed by atoms with Gasteiger partial charge in [0.2, 0.25) is 0 Å². The standard InChI is InChI=1S/C23H29N3O4/c1-17-4-5-21(20(14-17)23(28)25(2)16-22(27)29-3)30-19-8-12-26(13-9-19)15-18-6-10-24-11-7-18/h4-7,10-11,14,19H,8-9,12-13,15-16H2,1-3H3. The molecular formula is C23H29N3O4. The molecule has 3 rings (SSSR count). The number of hydrogen-bond donors (Lipinski definition) is 0. The monoisotopic (exact) mass is 411 g/mol. The van der Waals surface area contributed by atoms with Crippen molar-refractivity contribution in [2.75, 3.05) is 33.8 Å². The van der Waals surface area contributed by atoms with E-state index in [0.717, 1.165) is 38.0 Å². The highest BCUT2D eigenvalue weighted by molar-refractivity contribution is 5.98. The zero-order chi connectivity index (χ0) is 21.5. The molecule has 1 fully saturated rings. The lowest BCUT2D eigenvalue weighted by Gasteiger charge is -2.32. The van der Waals surface area contributed by atoms with Crippen molar-refractivity contribution in [1.29, 1.82) is 0 Å². The Balaban J connectivity index is 1.62. The fourth-order valence-electron chi connectivity index (χ4n) is 3.56. The molecular weight excluding hydrogens is 382 g/mol. The van der Waals surface area contributed by atoms with Gasteiger partial charge in [0, 0.05) is 39.1 Å². The van der Waals surface area contributed by atoms with Crippen molar-refractivity contribution >= 4 is 11.9 Å². The maximum atomic E-state index is 12.9. The van der Waals surface area contributed by atoms with Crippen LogP contribution in [0, 0.1) is 6.92 Å². The van der Waals surface area contributed by atoms with Gasteiger partial charge in [0.25, 0.3) is 5.91 Å². The highest BCUT2D eigenvalue weighted by Gasteiger charge is 2.24. The number of carbonyl (C=O) groups excluding carboxylic acids is 2. The van der Waals surface area contributed by atoms with Gasteiger partial charge in [-0.1, -0.05) is 11.6 Å². The van der Waals surface area contributed by atoms with Crippen LogP contribution in [0.2, 0.25) is 0 Å². The van der Waals surface area contributed by atoms with E-state index < -0.39 is 5.97 Å². The van der Waals surface area contributed by atoms with Crippen LogP contribution in [-0.4, -0.2) is 66.6 Å². The third kappa shape index (κ3) is 5.79. The SMILES string of the molecule is COC(=O)CN(C)C(=O)c1cc(C)ccc1OC1CCN(Cc2ccncc2)CC1. The Morgan fingerprint density at radius 1 is 1.17 bits per heavy atom. The molecule has 7 heteroatoms. The summed E-state index contributed by atoms with van der Waals surface area (Å²) in [6.45, 7) is 4.60. The van der Waals surface area contributed by atoms with Gasteiger partial charge in [-0.2, -0.15) is 0 Å². The van der Waals surface area contributed by atoms with Gasteiger partial charge in [-0.25, -0.2) is 0 Å². The van der Waals surface area contributed by atoms with Gasteiger partial charge >= 0.3 is 5.97 Å². The third-order valence-electron chi connectivity index (χ3n) is 5.29. The van der Waals surface area contributed by atoms with E-state index in [1.807, 2.05) is 49.6 Å². The van der Waals surface area contributed by atoms with E-state index in [9.17, 15) is 9.59 Å². The van der Waals surface area contributed by atoms with Crippen LogP contribution in [0.15, 0.2) is 42.7 Å². The second-order valence-corrected chi connectivity index (χ2v) is 7.69. The number of benzene rings is 1. The summed E-state index contributed by atoms with van der Waals surface area (Å²) in [4.78, 5) is 32.2. The van der Waals surface area contributed by atoms with Crippen molar-refractivity contribution in [2.24, 2.45) is 0 Å². The first kappa shape index (κ1) is 21.8. The minimum atomic E-state index is -0.456. The van der Waals surface area contributed by atoms with Gasteiger partial charge in [0.05, 0.1) is 12.7 Å². The molecule has 2 heterocycles. The minimum absolute atomic E-state index is 0.0545. The molecule has 1 aromatic carbocycles. The van der Waals surface area contributed by atoms with E-state index >= 15 is 0 Å².